The second-order valence-corrected chi connectivity index (χ2v) is 7.16. The third kappa shape index (κ3) is 5.46. The van der Waals surface area contributed by atoms with Gasteiger partial charge in [0.25, 0.3) is 0 Å². The number of nitrogens with zero attached hydrogens (tertiary/aromatic N) is 2. The molecule has 2 rings (SSSR count). The van der Waals surface area contributed by atoms with Crippen LogP contribution in [0, 0.1) is 0 Å². The van der Waals surface area contributed by atoms with E-state index in [9.17, 15) is 9.59 Å². The van der Waals surface area contributed by atoms with Gasteiger partial charge in [0.05, 0.1) is 0 Å². The molecule has 1 atom stereocenters. The van der Waals surface area contributed by atoms with Crippen molar-refractivity contribution in [3.63, 3.8) is 0 Å². The normalized spacial score (nSPS) is 15.2. The van der Waals surface area contributed by atoms with E-state index in [1.165, 1.54) is 12.8 Å². The first-order valence-electron chi connectivity index (χ1n) is 8.93. The van der Waals surface area contributed by atoms with E-state index in [-0.39, 0.29) is 6.04 Å². The van der Waals surface area contributed by atoms with Gasteiger partial charge < -0.3 is 15.5 Å². The van der Waals surface area contributed by atoms with Crippen molar-refractivity contribution in [1.29, 1.82) is 0 Å². The summed E-state index contributed by atoms with van der Waals surface area (Å²) in [6.45, 7) is 6.72. The lowest BCUT2D eigenvalue weighted by Crippen LogP contribution is -2.44. The van der Waals surface area contributed by atoms with E-state index in [2.05, 4.69) is 48.3 Å². The molecule has 2 amide bonds. The van der Waals surface area contributed by atoms with Gasteiger partial charge in [-0.3, -0.25) is 14.5 Å². The Morgan fingerprint density at radius 1 is 1.16 bits per heavy atom. The number of likely N-dealkylation sites (N-methyl/N-ethyl adjacent to an activating group) is 1. The number of nitrogens with one attached hydrogen (secondary N) is 2. The summed E-state index contributed by atoms with van der Waals surface area (Å²) in [5.41, 5.74) is 1.61. The van der Waals surface area contributed by atoms with Crippen molar-refractivity contribution in [3.8, 4) is 0 Å². The maximum atomic E-state index is 12.1. The number of anilines is 2. The minimum Gasteiger partial charge on any atom is -0.372 e. The Labute approximate surface area is 150 Å². The summed E-state index contributed by atoms with van der Waals surface area (Å²) in [4.78, 5) is 28.5. The maximum Gasteiger partial charge on any atom is 0.313 e. The van der Waals surface area contributed by atoms with Gasteiger partial charge in [-0.1, -0.05) is 6.07 Å². The molecule has 0 radical (unpaired) electrons. The number of hydrogen-bond acceptors (Lipinski definition) is 4. The topological polar surface area (TPSA) is 64.7 Å². The largest absolute Gasteiger partial charge is 0.372 e. The third-order valence-electron chi connectivity index (χ3n) is 4.87. The Bertz CT molecular complexity index is 613. The standard InChI is InChI=1S/C19H30N4O2/c1-13(2)22(4)17-8-6-7-15(11-17)21-19(25)18(24)20-12-14(3)23(5)16-9-10-16/h6-8,11,13-14,16H,9-10,12H2,1-5H3,(H,20,24)(H,21,25)/t14-/m0/s1. The average Bonchev–Trinajstić information content (AvgIpc) is 3.43. The lowest BCUT2D eigenvalue weighted by atomic mass is 10.2. The Morgan fingerprint density at radius 2 is 1.84 bits per heavy atom. The zero-order chi connectivity index (χ0) is 18.6. The van der Waals surface area contributed by atoms with E-state index in [0.717, 1.165) is 5.69 Å². The van der Waals surface area contributed by atoms with E-state index in [4.69, 9.17) is 0 Å². The highest BCUT2D eigenvalue weighted by Gasteiger charge is 2.29. The summed E-state index contributed by atoms with van der Waals surface area (Å²) in [7, 11) is 4.06. The highest BCUT2D eigenvalue weighted by molar-refractivity contribution is 6.39. The summed E-state index contributed by atoms with van der Waals surface area (Å²) in [5, 5.41) is 5.39. The molecule has 0 bridgehead atoms. The Kier molecular flexibility index (Phi) is 6.42. The van der Waals surface area contributed by atoms with Crippen molar-refractivity contribution in [3.05, 3.63) is 24.3 Å². The molecule has 1 saturated carbocycles. The van der Waals surface area contributed by atoms with Crippen LogP contribution in [0.15, 0.2) is 24.3 Å². The second-order valence-electron chi connectivity index (χ2n) is 7.16. The lowest BCUT2D eigenvalue weighted by Gasteiger charge is -2.24. The lowest BCUT2D eigenvalue weighted by molar-refractivity contribution is -0.136. The molecule has 25 heavy (non-hydrogen) atoms. The van der Waals surface area contributed by atoms with Crippen molar-refractivity contribution >= 4 is 23.2 Å². The van der Waals surface area contributed by atoms with E-state index >= 15 is 0 Å². The third-order valence-corrected chi connectivity index (χ3v) is 4.87. The molecule has 1 aliphatic carbocycles. The molecular weight excluding hydrogens is 316 g/mol. The molecule has 0 spiro atoms. The van der Waals surface area contributed by atoms with Crippen LogP contribution in [0.4, 0.5) is 11.4 Å². The SMILES string of the molecule is CC(C)N(C)c1cccc(NC(=O)C(=O)NC[C@H](C)N(C)C2CC2)c1. The van der Waals surface area contributed by atoms with Crippen molar-refractivity contribution in [2.75, 3.05) is 30.9 Å². The van der Waals surface area contributed by atoms with Gasteiger partial charge in [0.1, 0.15) is 0 Å². The summed E-state index contributed by atoms with van der Waals surface area (Å²) >= 11 is 0. The molecule has 0 saturated heterocycles. The molecule has 138 valence electrons. The van der Waals surface area contributed by atoms with Crippen molar-refractivity contribution in [2.45, 2.75) is 51.7 Å². The summed E-state index contributed by atoms with van der Waals surface area (Å²) in [5.74, 6) is -1.23. The second kappa shape index (κ2) is 8.34. The molecule has 0 unspecified atom stereocenters. The van der Waals surface area contributed by atoms with Crippen LogP contribution >= 0.6 is 0 Å². The summed E-state index contributed by atoms with van der Waals surface area (Å²) in [6.07, 6.45) is 2.44. The summed E-state index contributed by atoms with van der Waals surface area (Å²) < 4.78 is 0. The van der Waals surface area contributed by atoms with E-state index in [1.54, 1.807) is 6.07 Å². The predicted octanol–water partition coefficient (Wildman–Crippen LogP) is 2.07. The highest BCUT2D eigenvalue weighted by Crippen LogP contribution is 2.26. The maximum absolute atomic E-state index is 12.1. The minimum absolute atomic E-state index is 0.215. The number of rotatable bonds is 7. The van der Waals surface area contributed by atoms with Gasteiger partial charge in [-0.2, -0.15) is 0 Å². The van der Waals surface area contributed by atoms with Crippen LogP contribution in [-0.2, 0) is 9.59 Å². The highest BCUT2D eigenvalue weighted by atomic mass is 16.2. The molecule has 2 N–H and O–H groups in total. The molecule has 6 heteroatoms. The Hall–Kier alpha value is -2.08. The first kappa shape index (κ1) is 19.2. The Balaban J connectivity index is 1.86. The first-order chi connectivity index (χ1) is 11.8. The van der Waals surface area contributed by atoms with Crippen LogP contribution in [0.5, 0.6) is 0 Å². The van der Waals surface area contributed by atoms with Gasteiger partial charge in [0.2, 0.25) is 0 Å². The van der Waals surface area contributed by atoms with Gasteiger partial charge in [0, 0.05) is 43.1 Å². The minimum atomic E-state index is -0.634. The zero-order valence-electron chi connectivity index (χ0n) is 15.9. The number of amides is 2. The van der Waals surface area contributed by atoms with E-state index in [1.807, 2.05) is 25.2 Å². The smallest absolute Gasteiger partial charge is 0.313 e. The average molecular weight is 346 g/mol. The van der Waals surface area contributed by atoms with Gasteiger partial charge in [-0.25, -0.2) is 0 Å². The van der Waals surface area contributed by atoms with Gasteiger partial charge >= 0.3 is 11.8 Å². The fourth-order valence-electron chi connectivity index (χ4n) is 2.60. The van der Waals surface area contributed by atoms with Crippen LogP contribution < -0.4 is 15.5 Å². The van der Waals surface area contributed by atoms with Gasteiger partial charge in [-0.15, -0.1) is 0 Å². The predicted molar refractivity (Wildman–Crippen MR) is 102 cm³/mol. The molecule has 1 aromatic carbocycles. The van der Waals surface area contributed by atoms with Gasteiger partial charge in [-0.05, 0) is 58.9 Å². The summed E-state index contributed by atoms with van der Waals surface area (Å²) in [6, 6.07) is 8.69. The van der Waals surface area contributed by atoms with Crippen LogP contribution in [-0.4, -0.2) is 55.5 Å². The molecular formula is C19H30N4O2. The number of hydrogen-bond donors (Lipinski definition) is 2. The molecule has 0 aromatic heterocycles. The van der Waals surface area contributed by atoms with Crippen molar-refractivity contribution in [1.82, 2.24) is 10.2 Å². The van der Waals surface area contributed by atoms with Crippen molar-refractivity contribution in [2.24, 2.45) is 0 Å². The van der Waals surface area contributed by atoms with Gasteiger partial charge in [0.15, 0.2) is 0 Å². The van der Waals surface area contributed by atoms with E-state index in [0.29, 0.717) is 24.3 Å². The molecule has 1 aliphatic rings. The monoisotopic (exact) mass is 346 g/mol. The zero-order valence-corrected chi connectivity index (χ0v) is 15.9. The van der Waals surface area contributed by atoms with Crippen LogP contribution in [0.1, 0.15) is 33.6 Å². The molecule has 0 aliphatic heterocycles. The molecule has 6 nitrogen and oxygen atoms in total. The molecule has 0 heterocycles. The number of benzene rings is 1. The molecule has 1 aromatic rings. The quantitative estimate of drug-likeness (QED) is 0.742. The fraction of sp³-hybridized carbons (Fsp3) is 0.579. The Morgan fingerprint density at radius 3 is 2.44 bits per heavy atom. The van der Waals surface area contributed by atoms with Crippen LogP contribution in [0.3, 0.4) is 0 Å². The molecule has 1 fully saturated rings. The number of carbonyl (C=O) groups excluding carboxylic acids is 2. The van der Waals surface area contributed by atoms with Crippen molar-refractivity contribution < 1.29 is 9.59 Å². The fourth-order valence-corrected chi connectivity index (χ4v) is 2.60. The van der Waals surface area contributed by atoms with Crippen LogP contribution in [0.2, 0.25) is 0 Å². The van der Waals surface area contributed by atoms with E-state index < -0.39 is 11.8 Å². The number of carbonyl (C=O) groups is 2. The first-order valence-corrected chi connectivity index (χ1v) is 8.93. The van der Waals surface area contributed by atoms with Crippen LogP contribution in [0.25, 0.3) is 0 Å².